The number of anilines is 2. The minimum Gasteiger partial charge on any atom is -0.348 e. The standard InChI is InChI=1S/C29H27N3O/c1-23-27(31-29(33)20-17-24-11-5-2-6-12-24)18-19-28(30-23)32(21-25-13-7-3-8-14-25)22-26-15-9-4-10-16-26/h2-20H,21-22H2,1H3,(H,31,33)/b20-17+. The highest BCUT2D eigenvalue weighted by Crippen LogP contribution is 2.22. The highest BCUT2D eigenvalue weighted by Gasteiger charge is 2.12. The van der Waals surface area contributed by atoms with Crippen LogP contribution in [0.25, 0.3) is 6.08 Å². The second kappa shape index (κ2) is 10.9. The number of nitrogens with one attached hydrogen (secondary N) is 1. The quantitative estimate of drug-likeness (QED) is 0.334. The molecule has 164 valence electrons. The van der Waals surface area contributed by atoms with Crippen LogP contribution in [0.4, 0.5) is 11.5 Å². The molecule has 0 saturated carbocycles. The Hall–Kier alpha value is -4.18. The molecule has 0 unspecified atom stereocenters. The molecule has 4 aromatic rings. The van der Waals surface area contributed by atoms with E-state index in [0.29, 0.717) is 5.69 Å². The molecule has 0 aliphatic carbocycles. The summed E-state index contributed by atoms with van der Waals surface area (Å²) in [6.07, 6.45) is 3.34. The van der Waals surface area contributed by atoms with Crippen LogP contribution in [-0.4, -0.2) is 10.9 Å². The minimum absolute atomic E-state index is 0.179. The van der Waals surface area contributed by atoms with E-state index in [-0.39, 0.29) is 5.91 Å². The van der Waals surface area contributed by atoms with Gasteiger partial charge in [0, 0.05) is 19.2 Å². The normalized spacial score (nSPS) is 10.8. The lowest BCUT2D eigenvalue weighted by Gasteiger charge is -2.25. The molecule has 1 heterocycles. The molecule has 33 heavy (non-hydrogen) atoms. The van der Waals surface area contributed by atoms with Gasteiger partial charge in [0.2, 0.25) is 5.91 Å². The van der Waals surface area contributed by atoms with Gasteiger partial charge in [-0.15, -0.1) is 0 Å². The third-order valence-electron chi connectivity index (χ3n) is 5.31. The number of hydrogen-bond acceptors (Lipinski definition) is 3. The van der Waals surface area contributed by atoms with Gasteiger partial charge >= 0.3 is 0 Å². The third kappa shape index (κ3) is 6.40. The smallest absolute Gasteiger partial charge is 0.248 e. The first-order valence-corrected chi connectivity index (χ1v) is 11.0. The van der Waals surface area contributed by atoms with E-state index in [2.05, 4.69) is 58.7 Å². The van der Waals surface area contributed by atoms with Crippen LogP contribution in [0.5, 0.6) is 0 Å². The first kappa shape index (κ1) is 22.0. The fraction of sp³-hybridized carbons (Fsp3) is 0.103. The van der Waals surface area contributed by atoms with Crippen molar-refractivity contribution in [2.45, 2.75) is 20.0 Å². The Balaban J connectivity index is 1.51. The number of nitrogens with zero attached hydrogens (tertiary/aromatic N) is 2. The lowest BCUT2D eigenvalue weighted by molar-refractivity contribution is -0.111. The predicted molar refractivity (Wildman–Crippen MR) is 136 cm³/mol. The monoisotopic (exact) mass is 433 g/mol. The number of aromatic nitrogens is 1. The molecule has 0 saturated heterocycles. The second-order valence-electron chi connectivity index (χ2n) is 7.86. The summed E-state index contributed by atoms with van der Waals surface area (Å²) in [5, 5.41) is 2.94. The highest BCUT2D eigenvalue weighted by molar-refractivity contribution is 6.02. The summed E-state index contributed by atoms with van der Waals surface area (Å²) >= 11 is 0. The number of benzene rings is 3. The Morgan fingerprint density at radius 1 is 0.788 bits per heavy atom. The maximum absolute atomic E-state index is 12.4. The summed E-state index contributed by atoms with van der Waals surface area (Å²) in [5.41, 5.74) is 4.91. The van der Waals surface area contributed by atoms with Crippen LogP contribution in [0.2, 0.25) is 0 Å². The molecule has 4 heteroatoms. The van der Waals surface area contributed by atoms with Crippen molar-refractivity contribution >= 4 is 23.5 Å². The van der Waals surface area contributed by atoms with E-state index in [1.165, 1.54) is 11.1 Å². The van der Waals surface area contributed by atoms with Crippen molar-refractivity contribution in [3.8, 4) is 0 Å². The fourth-order valence-electron chi connectivity index (χ4n) is 3.59. The maximum atomic E-state index is 12.4. The zero-order chi connectivity index (χ0) is 22.9. The van der Waals surface area contributed by atoms with Crippen LogP contribution < -0.4 is 10.2 Å². The van der Waals surface area contributed by atoms with Crippen LogP contribution in [-0.2, 0) is 17.9 Å². The maximum Gasteiger partial charge on any atom is 0.248 e. The number of amides is 1. The Kier molecular flexibility index (Phi) is 7.29. The summed E-state index contributed by atoms with van der Waals surface area (Å²) in [6, 6.07) is 34.4. The molecule has 1 aromatic heterocycles. The van der Waals surface area contributed by atoms with Crippen molar-refractivity contribution < 1.29 is 4.79 Å². The molecule has 1 N–H and O–H groups in total. The molecule has 0 fully saturated rings. The van der Waals surface area contributed by atoms with E-state index in [1.807, 2.05) is 61.5 Å². The van der Waals surface area contributed by atoms with Crippen molar-refractivity contribution in [2.75, 3.05) is 10.2 Å². The van der Waals surface area contributed by atoms with E-state index in [4.69, 9.17) is 4.98 Å². The highest BCUT2D eigenvalue weighted by atomic mass is 16.1. The Morgan fingerprint density at radius 2 is 1.33 bits per heavy atom. The van der Waals surface area contributed by atoms with E-state index < -0.39 is 0 Å². The topological polar surface area (TPSA) is 45.2 Å². The largest absolute Gasteiger partial charge is 0.348 e. The Bertz CT molecular complexity index is 1160. The van der Waals surface area contributed by atoms with Gasteiger partial charge in [0.1, 0.15) is 5.82 Å². The summed E-state index contributed by atoms with van der Waals surface area (Å²) in [4.78, 5) is 19.5. The molecule has 0 atom stereocenters. The Morgan fingerprint density at radius 3 is 1.88 bits per heavy atom. The molecule has 0 radical (unpaired) electrons. The second-order valence-corrected chi connectivity index (χ2v) is 7.86. The number of carbonyl (C=O) groups is 1. The van der Waals surface area contributed by atoms with Crippen molar-refractivity contribution in [3.05, 3.63) is 132 Å². The molecular weight excluding hydrogens is 406 g/mol. The first-order valence-electron chi connectivity index (χ1n) is 11.0. The fourth-order valence-corrected chi connectivity index (χ4v) is 3.59. The van der Waals surface area contributed by atoms with Gasteiger partial charge in [-0.2, -0.15) is 0 Å². The van der Waals surface area contributed by atoms with Gasteiger partial charge in [0.15, 0.2) is 0 Å². The average molecular weight is 434 g/mol. The van der Waals surface area contributed by atoms with Gasteiger partial charge in [0.05, 0.1) is 11.4 Å². The number of rotatable bonds is 8. The first-order chi connectivity index (χ1) is 16.2. The van der Waals surface area contributed by atoms with E-state index in [1.54, 1.807) is 12.2 Å². The van der Waals surface area contributed by atoms with Crippen molar-refractivity contribution in [2.24, 2.45) is 0 Å². The molecule has 0 aliphatic heterocycles. The van der Waals surface area contributed by atoms with Gasteiger partial charge in [0.25, 0.3) is 0 Å². The van der Waals surface area contributed by atoms with Crippen LogP contribution in [0.15, 0.2) is 109 Å². The molecular formula is C29H27N3O. The lowest BCUT2D eigenvalue weighted by atomic mass is 10.1. The third-order valence-corrected chi connectivity index (χ3v) is 5.31. The zero-order valence-corrected chi connectivity index (χ0v) is 18.7. The molecule has 4 rings (SSSR count). The summed E-state index contributed by atoms with van der Waals surface area (Å²) in [7, 11) is 0. The average Bonchev–Trinajstić information content (AvgIpc) is 2.85. The van der Waals surface area contributed by atoms with Gasteiger partial charge in [-0.25, -0.2) is 4.98 Å². The summed E-state index contributed by atoms with van der Waals surface area (Å²) < 4.78 is 0. The van der Waals surface area contributed by atoms with Crippen molar-refractivity contribution in [1.29, 1.82) is 0 Å². The molecule has 0 bridgehead atoms. The number of carbonyl (C=O) groups excluding carboxylic acids is 1. The van der Waals surface area contributed by atoms with Crippen LogP contribution in [0.3, 0.4) is 0 Å². The molecule has 4 nitrogen and oxygen atoms in total. The molecule has 0 aliphatic rings. The van der Waals surface area contributed by atoms with Gasteiger partial charge in [-0.3, -0.25) is 4.79 Å². The van der Waals surface area contributed by atoms with Crippen LogP contribution >= 0.6 is 0 Å². The van der Waals surface area contributed by atoms with Crippen molar-refractivity contribution in [3.63, 3.8) is 0 Å². The summed E-state index contributed by atoms with van der Waals surface area (Å²) in [5.74, 6) is 0.694. The van der Waals surface area contributed by atoms with Crippen LogP contribution in [0.1, 0.15) is 22.4 Å². The van der Waals surface area contributed by atoms with Gasteiger partial charge in [-0.1, -0.05) is 91.0 Å². The zero-order valence-electron chi connectivity index (χ0n) is 18.7. The predicted octanol–water partition coefficient (Wildman–Crippen LogP) is 6.25. The Labute approximate surface area is 195 Å². The number of pyridine rings is 1. The van der Waals surface area contributed by atoms with E-state index in [0.717, 1.165) is 30.2 Å². The van der Waals surface area contributed by atoms with Crippen molar-refractivity contribution in [1.82, 2.24) is 4.98 Å². The van der Waals surface area contributed by atoms with Gasteiger partial charge in [-0.05, 0) is 41.8 Å². The van der Waals surface area contributed by atoms with Gasteiger partial charge < -0.3 is 10.2 Å². The number of hydrogen-bond donors (Lipinski definition) is 1. The van der Waals surface area contributed by atoms with Crippen LogP contribution in [0, 0.1) is 6.92 Å². The minimum atomic E-state index is -0.179. The lowest BCUT2D eigenvalue weighted by Crippen LogP contribution is -2.23. The number of aryl methyl sites for hydroxylation is 1. The summed E-state index contributed by atoms with van der Waals surface area (Å²) in [6.45, 7) is 3.41. The van der Waals surface area contributed by atoms with E-state index >= 15 is 0 Å². The SMILES string of the molecule is Cc1nc(N(Cc2ccccc2)Cc2ccccc2)ccc1NC(=O)/C=C/c1ccccc1. The molecule has 1 amide bonds. The van der Waals surface area contributed by atoms with E-state index in [9.17, 15) is 4.79 Å². The molecule has 0 spiro atoms. The molecule has 3 aromatic carbocycles.